The number of nitrogens with two attached hydrogens (primary N) is 1. The molecule has 0 aliphatic carbocycles. The van der Waals surface area contributed by atoms with Crippen molar-refractivity contribution in [2.24, 2.45) is 5.73 Å². The molecule has 0 saturated carbocycles. The Morgan fingerprint density at radius 2 is 1.94 bits per heavy atom. The molecule has 0 fully saturated rings. The highest BCUT2D eigenvalue weighted by atomic mass is 79.9. The van der Waals surface area contributed by atoms with Crippen LogP contribution in [0.1, 0.15) is 5.56 Å². The lowest BCUT2D eigenvalue weighted by Gasteiger charge is -2.09. The van der Waals surface area contributed by atoms with Gasteiger partial charge in [0, 0.05) is 11.6 Å². The largest absolute Gasteiger partial charge is 0.456 e. The molecule has 0 atom stereocenters. The molecule has 0 unspecified atom stereocenters. The van der Waals surface area contributed by atoms with Gasteiger partial charge < -0.3 is 10.5 Å². The molecule has 0 spiro atoms. The summed E-state index contributed by atoms with van der Waals surface area (Å²) in [6.45, 7) is 0. The topological polar surface area (TPSA) is 59.1 Å². The average molecular weight is 326 g/mol. The van der Waals surface area contributed by atoms with Crippen molar-refractivity contribution in [2.75, 3.05) is 0 Å². The maximum Gasteiger partial charge on any atom is 0.141 e. The number of benzene rings is 2. The van der Waals surface area contributed by atoms with Gasteiger partial charge >= 0.3 is 0 Å². The summed E-state index contributed by atoms with van der Waals surface area (Å²) in [7, 11) is 0. The highest BCUT2D eigenvalue weighted by molar-refractivity contribution is 9.10. The number of rotatable bonds is 3. The van der Waals surface area contributed by atoms with Crippen LogP contribution in [0.15, 0.2) is 46.9 Å². The maximum atomic E-state index is 7.35. The van der Waals surface area contributed by atoms with Crippen molar-refractivity contribution in [3.63, 3.8) is 0 Å². The molecule has 0 aliphatic heterocycles. The number of hydrogen-bond donors (Lipinski definition) is 2. The van der Waals surface area contributed by atoms with Crippen LogP contribution >= 0.6 is 27.5 Å². The first-order valence-corrected chi connectivity index (χ1v) is 6.31. The second-order valence-corrected chi connectivity index (χ2v) is 4.85. The number of para-hydroxylation sites is 1. The van der Waals surface area contributed by atoms with Gasteiger partial charge in [0.1, 0.15) is 17.3 Å². The second kappa shape index (κ2) is 5.42. The van der Waals surface area contributed by atoms with E-state index in [4.69, 9.17) is 27.5 Å². The minimum Gasteiger partial charge on any atom is -0.456 e. The first kappa shape index (κ1) is 12.9. The van der Waals surface area contributed by atoms with E-state index in [0.29, 0.717) is 22.1 Å². The summed E-state index contributed by atoms with van der Waals surface area (Å²) in [6.07, 6.45) is 0. The van der Waals surface area contributed by atoms with Crippen LogP contribution in [0.25, 0.3) is 0 Å². The quantitative estimate of drug-likeness (QED) is 0.657. The monoisotopic (exact) mass is 324 g/mol. The zero-order valence-electron chi connectivity index (χ0n) is 9.28. The minimum absolute atomic E-state index is 0.0626. The Labute approximate surface area is 118 Å². The smallest absolute Gasteiger partial charge is 0.141 e. The molecule has 2 aromatic rings. The normalized spacial score (nSPS) is 10.1. The van der Waals surface area contributed by atoms with Gasteiger partial charge in [0.15, 0.2) is 0 Å². The third kappa shape index (κ3) is 2.83. The third-order valence-electron chi connectivity index (χ3n) is 2.30. The molecule has 0 radical (unpaired) electrons. The number of nitrogen functional groups attached to an aromatic ring is 1. The van der Waals surface area contributed by atoms with Crippen LogP contribution in [0.5, 0.6) is 11.5 Å². The van der Waals surface area contributed by atoms with E-state index >= 15 is 0 Å². The fraction of sp³-hybridized carbons (Fsp3) is 0. The van der Waals surface area contributed by atoms with Gasteiger partial charge in [0.05, 0.1) is 9.50 Å². The Morgan fingerprint density at radius 3 is 2.56 bits per heavy atom. The summed E-state index contributed by atoms with van der Waals surface area (Å²) in [5.74, 6) is 1.23. The van der Waals surface area contributed by atoms with E-state index in [0.717, 1.165) is 4.47 Å². The van der Waals surface area contributed by atoms with Crippen LogP contribution in [0.3, 0.4) is 0 Å². The predicted octanol–water partition coefficient (Wildman–Crippen LogP) is 4.18. The van der Waals surface area contributed by atoms with Gasteiger partial charge in [-0.25, -0.2) is 0 Å². The molecule has 0 aliphatic rings. The molecule has 3 nitrogen and oxygen atoms in total. The summed E-state index contributed by atoms with van der Waals surface area (Å²) in [6, 6.07) is 12.5. The van der Waals surface area contributed by atoms with Gasteiger partial charge in [-0.1, -0.05) is 23.7 Å². The SMILES string of the molecule is N=C(N)c1ccc(Oc2ccccc2Br)cc1Cl. The maximum absolute atomic E-state index is 7.35. The Bertz CT molecular complexity index is 601. The highest BCUT2D eigenvalue weighted by Crippen LogP contribution is 2.31. The van der Waals surface area contributed by atoms with E-state index in [9.17, 15) is 0 Å². The van der Waals surface area contributed by atoms with Crippen LogP contribution in [-0.4, -0.2) is 5.84 Å². The summed E-state index contributed by atoms with van der Waals surface area (Å²) >= 11 is 9.42. The third-order valence-corrected chi connectivity index (χ3v) is 3.26. The lowest BCUT2D eigenvalue weighted by atomic mass is 10.2. The fourth-order valence-corrected chi connectivity index (χ4v) is 2.07. The molecule has 92 valence electrons. The molecule has 0 heterocycles. The number of nitrogens with one attached hydrogen (secondary N) is 1. The standard InChI is InChI=1S/C13H10BrClN2O/c14-10-3-1-2-4-12(10)18-8-5-6-9(13(16)17)11(15)7-8/h1-7H,(H3,16,17). The number of ether oxygens (including phenoxy) is 1. The van der Waals surface area contributed by atoms with Gasteiger partial charge in [-0.3, -0.25) is 5.41 Å². The van der Waals surface area contributed by atoms with Crippen LogP contribution in [0.2, 0.25) is 5.02 Å². The van der Waals surface area contributed by atoms with E-state index in [1.54, 1.807) is 18.2 Å². The average Bonchev–Trinajstić information content (AvgIpc) is 2.32. The van der Waals surface area contributed by atoms with E-state index in [1.165, 1.54) is 0 Å². The molecule has 0 saturated heterocycles. The molecule has 0 amide bonds. The molecule has 2 aromatic carbocycles. The van der Waals surface area contributed by atoms with Gasteiger partial charge in [0.25, 0.3) is 0 Å². The second-order valence-electron chi connectivity index (χ2n) is 3.59. The van der Waals surface area contributed by atoms with E-state index in [1.807, 2.05) is 24.3 Å². The van der Waals surface area contributed by atoms with Crippen LogP contribution in [-0.2, 0) is 0 Å². The van der Waals surface area contributed by atoms with E-state index in [2.05, 4.69) is 15.9 Å². The molecule has 18 heavy (non-hydrogen) atoms. The van der Waals surface area contributed by atoms with Crippen molar-refractivity contribution in [3.05, 3.63) is 57.5 Å². The molecular weight excluding hydrogens is 316 g/mol. The molecule has 2 rings (SSSR count). The summed E-state index contributed by atoms with van der Waals surface area (Å²) in [4.78, 5) is 0. The van der Waals surface area contributed by atoms with Crippen molar-refractivity contribution < 1.29 is 4.74 Å². The van der Waals surface area contributed by atoms with Gasteiger partial charge in [-0.05, 0) is 40.2 Å². The Hall–Kier alpha value is -1.52. The van der Waals surface area contributed by atoms with E-state index in [-0.39, 0.29) is 5.84 Å². The van der Waals surface area contributed by atoms with E-state index < -0.39 is 0 Å². The molecule has 5 heteroatoms. The number of amidine groups is 1. The van der Waals surface area contributed by atoms with Gasteiger partial charge in [0.2, 0.25) is 0 Å². The van der Waals surface area contributed by atoms with Crippen molar-refractivity contribution in [2.45, 2.75) is 0 Å². The Morgan fingerprint density at radius 1 is 1.22 bits per heavy atom. The van der Waals surface area contributed by atoms with Crippen LogP contribution in [0, 0.1) is 5.41 Å². The molecule has 0 bridgehead atoms. The molecule has 0 aromatic heterocycles. The lowest BCUT2D eigenvalue weighted by molar-refractivity contribution is 0.479. The summed E-state index contributed by atoms with van der Waals surface area (Å²) < 4.78 is 6.54. The highest BCUT2D eigenvalue weighted by Gasteiger charge is 2.07. The summed E-state index contributed by atoms with van der Waals surface area (Å²) in [5, 5.41) is 7.74. The Balaban J connectivity index is 2.29. The molecular formula is C13H10BrClN2O. The zero-order valence-corrected chi connectivity index (χ0v) is 11.6. The fourth-order valence-electron chi connectivity index (χ4n) is 1.43. The van der Waals surface area contributed by atoms with Crippen LogP contribution in [0.4, 0.5) is 0 Å². The lowest BCUT2D eigenvalue weighted by Crippen LogP contribution is -2.11. The van der Waals surface area contributed by atoms with Crippen molar-refractivity contribution in [1.29, 1.82) is 5.41 Å². The van der Waals surface area contributed by atoms with Crippen molar-refractivity contribution in [3.8, 4) is 11.5 Å². The summed E-state index contributed by atoms with van der Waals surface area (Å²) in [5.41, 5.74) is 5.89. The minimum atomic E-state index is -0.0626. The number of halogens is 2. The predicted molar refractivity (Wildman–Crippen MR) is 76.7 cm³/mol. The van der Waals surface area contributed by atoms with Crippen LogP contribution < -0.4 is 10.5 Å². The van der Waals surface area contributed by atoms with Gasteiger partial charge in [-0.15, -0.1) is 0 Å². The first-order chi connectivity index (χ1) is 8.58. The zero-order chi connectivity index (χ0) is 13.1. The van der Waals surface area contributed by atoms with Crippen molar-refractivity contribution in [1.82, 2.24) is 0 Å². The van der Waals surface area contributed by atoms with Crippen molar-refractivity contribution >= 4 is 33.4 Å². The Kier molecular flexibility index (Phi) is 3.89. The number of hydrogen-bond acceptors (Lipinski definition) is 2. The molecule has 3 N–H and O–H groups in total. The van der Waals surface area contributed by atoms with Gasteiger partial charge in [-0.2, -0.15) is 0 Å². The first-order valence-electron chi connectivity index (χ1n) is 5.14.